The Morgan fingerprint density at radius 2 is 1.48 bits per heavy atom. The van der Waals surface area contributed by atoms with Crippen molar-refractivity contribution in [2.75, 3.05) is 14.2 Å². The first-order valence-corrected chi connectivity index (χ1v) is 29.8. The van der Waals surface area contributed by atoms with E-state index in [-0.39, 0.29) is 53.6 Å². The summed E-state index contributed by atoms with van der Waals surface area (Å²) in [6, 6.07) is 2.52. The van der Waals surface area contributed by atoms with E-state index in [1.165, 1.54) is 13.2 Å². The van der Waals surface area contributed by atoms with Crippen molar-refractivity contribution in [1.29, 1.82) is 5.26 Å². The van der Waals surface area contributed by atoms with Crippen molar-refractivity contribution in [3.05, 3.63) is 48.6 Å². The van der Waals surface area contributed by atoms with Crippen LogP contribution in [0.5, 0.6) is 0 Å². The fourth-order valence-corrected chi connectivity index (χ4v) is 11.3. The monoisotopic (exact) mass is 944 g/mol. The van der Waals surface area contributed by atoms with E-state index in [9.17, 15) is 19.6 Å². The van der Waals surface area contributed by atoms with Gasteiger partial charge in [0.2, 0.25) is 0 Å². The van der Waals surface area contributed by atoms with Crippen LogP contribution in [0.1, 0.15) is 140 Å². The Balaban J connectivity index is 2.21. The number of ether oxygens (including phenoxy) is 6. The van der Waals surface area contributed by atoms with Crippen molar-refractivity contribution < 1.29 is 51.7 Å². The van der Waals surface area contributed by atoms with Gasteiger partial charge in [0, 0.05) is 39.2 Å². The van der Waals surface area contributed by atoms with Crippen LogP contribution in [0.15, 0.2) is 48.6 Å². The Morgan fingerprint density at radius 3 is 2.05 bits per heavy atom. The number of hydrogen-bond donors (Lipinski definition) is 0. The first-order chi connectivity index (χ1) is 30.1. The lowest BCUT2D eigenvalue weighted by Crippen LogP contribution is -2.60. The maximum atomic E-state index is 14.0. The van der Waals surface area contributed by atoms with Crippen LogP contribution in [0.25, 0.3) is 0 Å². The minimum absolute atomic E-state index is 0.109. The van der Waals surface area contributed by atoms with Crippen LogP contribution in [0.4, 0.5) is 0 Å². The summed E-state index contributed by atoms with van der Waals surface area (Å²) in [6.07, 6.45) is 15.9. The van der Waals surface area contributed by atoms with E-state index >= 15 is 0 Å². The molecular weight excluding hydrogens is 859 g/mol. The smallest absolute Gasteiger partial charge is 0.313 e. The van der Waals surface area contributed by atoms with Gasteiger partial charge < -0.3 is 37.3 Å². The van der Waals surface area contributed by atoms with Gasteiger partial charge in [-0.1, -0.05) is 104 Å². The summed E-state index contributed by atoms with van der Waals surface area (Å²) in [5, 5.41) is 10.6. The normalized spacial score (nSPS) is 33.7. The van der Waals surface area contributed by atoms with Crippen LogP contribution in [-0.2, 0) is 51.7 Å². The lowest BCUT2D eigenvalue weighted by atomic mass is 9.82. The van der Waals surface area contributed by atoms with Crippen LogP contribution in [-0.4, -0.2) is 96.3 Å². The Hall–Kier alpha value is -2.75. The number of carbonyl (C=O) groups excluding carboxylic acids is 3. The third-order valence-corrected chi connectivity index (χ3v) is 23.2. The van der Waals surface area contributed by atoms with Gasteiger partial charge in [0.1, 0.15) is 12.0 Å². The Labute approximate surface area is 394 Å². The number of nitrogens with zero attached hydrogens (tertiary/aromatic N) is 1. The maximum absolute atomic E-state index is 14.0. The molecule has 0 unspecified atom stereocenters. The first kappa shape index (κ1) is 56.6. The van der Waals surface area contributed by atoms with Crippen LogP contribution in [0.3, 0.4) is 0 Å². The molecule has 65 heavy (non-hydrogen) atoms. The summed E-state index contributed by atoms with van der Waals surface area (Å²) >= 11 is 0. The zero-order valence-corrected chi connectivity index (χ0v) is 44.9. The van der Waals surface area contributed by atoms with Gasteiger partial charge in [0.05, 0.1) is 43.5 Å². The minimum Gasteiger partial charge on any atom is -0.469 e. The summed E-state index contributed by atoms with van der Waals surface area (Å²) in [5.41, 5.74) is -1.26. The van der Waals surface area contributed by atoms with Gasteiger partial charge in [-0.05, 0) is 88.3 Å². The summed E-state index contributed by atoms with van der Waals surface area (Å²) in [5.74, 6) is -5.03. The quantitative estimate of drug-likeness (QED) is 0.160. The summed E-state index contributed by atoms with van der Waals surface area (Å²) in [4.78, 5) is 41.6. The molecule has 0 N–H and O–H groups in total. The minimum atomic E-state index is -2.52. The van der Waals surface area contributed by atoms with E-state index in [2.05, 4.69) is 80.7 Å². The van der Waals surface area contributed by atoms with Gasteiger partial charge in [-0.25, -0.2) is 0 Å². The molecule has 0 aromatic heterocycles. The predicted octanol–water partition coefficient (Wildman–Crippen LogP) is 11.4. The van der Waals surface area contributed by atoms with Crippen molar-refractivity contribution in [2.45, 2.75) is 224 Å². The van der Waals surface area contributed by atoms with E-state index in [1.54, 1.807) is 33.1 Å². The highest BCUT2D eigenvalue weighted by Gasteiger charge is 2.56. The van der Waals surface area contributed by atoms with Crippen molar-refractivity contribution in [3.63, 3.8) is 0 Å². The van der Waals surface area contributed by atoms with Crippen molar-refractivity contribution >= 4 is 34.4 Å². The van der Waals surface area contributed by atoms with Gasteiger partial charge in [-0.2, -0.15) is 5.26 Å². The molecule has 0 aromatic rings. The summed E-state index contributed by atoms with van der Waals surface area (Å²) in [6.45, 7) is 29.3. The molecule has 0 spiro atoms. The second-order valence-corrected chi connectivity index (χ2v) is 31.3. The van der Waals surface area contributed by atoms with Gasteiger partial charge in [-0.15, -0.1) is 0 Å². The molecular formula is C51H85NO11Si2. The fraction of sp³-hybridized carbons (Fsp3) is 0.765. The van der Waals surface area contributed by atoms with Gasteiger partial charge in [0.25, 0.3) is 0 Å². The molecule has 3 aliphatic heterocycles. The number of allylic oxidation sites excluding steroid dienone is 7. The zero-order valence-electron chi connectivity index (χ0n) is 42.9. The number of fused-ring (bicyclic) bond motifs is 4. The largest absolute Gasteiger partial charge is 0.469 e. The van der Waals surface area contributed by atoms with E-state index in [0.29, 0.717) is 38.5 Å². The molecule has 3 heterocycles. The number of nitriles is 1. The SMILES string of the molecule is CCC[C@@H]1C/C=C/C=C/C=C/C=C/C(=O)C[C@@H]2O[C@](OC)(C[C@@H](O[Si](C)(C)C(C)(C)C)CCC[C@]3(C#N)C[C@@H](OC(C)(C)O3)[C@H](CC)C(=O)O1)C[C@H](O[Si](C)(C)C(C)(C)C)[C@H]2C(=O)OC. The lowest BCUT2D eigenvalue weighted by molar-refractivity contribution is -0.328. The molecule has 14 heteroatoms. The molecule has 0 aliphatic carbocycles. The number of cyclic esters (lactones) is 1. The number of hydrogen-bond acceptors (Lipinski definition) is 12. The molecule has 368 valence electrons. The predicted molar refractivity (Wildman–Crippen MR) is 260 cm³/mol. The second-order valence-electron chi connectivity index (χ2n) is 21.8. The number of methoxy groups -OCH3 is 2. The molecule has 12 nitrogen and oxygen atoms in total. The van der Waals surface area contributed by atoms with E-state index in [4.69, 9.17) is 37.3 Å². The van der Waals surface area contributed by atoms with E-state index < -0.39 is 76.0 Å². The number of ketones is 1. The molecule has 0 saturated carbocycles. The number of carbonyl (C=O) groups is 3. The molecule has 0 amide bonds. The number of esters is 2. The average Bonchev–Trinajstić information content (AvgIpc) is 3.18. The Kier molecular flexibility index (Phi) is 20.5. The molecule has 4 bridgehead atoms. The van der Waals surface area contributed by atoms with Crippen molar-refractivity contribution in [1.82, 2.24) is 0 Å². The molecule has 0 aromatic carbocycles. The van der Waals surface area contributed by atoms with Gasteiger partial charge in [0.15, 0.2) is 39.6 Å². The van der Waals surface area contributed by atoms with Crippen molar-refractivity contribution in [3.8, 4) is 6.07 Å². The topological polar surface area (TPSA) is 149 Å². The van der Waals surface area contributed by atoms with Gasteiger partial charge >= 0.3 is 11.9 Å². The van der Waals surface area contributed by atoms with Crippen LogP contribution < -0.4 is 0 Å². The molecule has 9 atom stereocenters. The van der Waals surface area contributed by atoms with Crippen molar-refractivity contribution in [2.24, 2.45) is 11.8 Å². The highest BCUT2D eigenvalue weighted by atomic mass is 28.4. The highest BCUT2D eigenvalue weighted by Crippen LogP contribution is 2.47. The molecule has 3 rings (SSSR count). The Bertz CT molecular complexity index is 1750. The van der Waals surface area contributed by atoms with E-state index in [0.717, 1.165) is 6.42 Å². The zero-order chi connectivity index (χ0) is 49.1. The van der Waals surface area contributed by atoms with Crippen LogP contribution in [0.2, 0.25) is 36.3 Å². The fourth-order valence-electron chi connectivity index (χ4n) is 8.60. The molecule has 0 radical (unpaired) electrons. The second kappa shape index (κ2) is 23.5. The van der Waals surface area contributed by atoms with Gasteiger partial charge in [-0.3, -0.25) is 14.4 Å². The van der Waals surface area contributed by atoms with Crippen LogP contribution >= 0.6 is 0 Å². The highest BCUT2D eigenvalue weighted by molar-refractivity contribution is 6.74. The number of rotatable bonds is 9. The van der Waals surface area contributed by atoms with E-state index in [1.807, 2.05) is 37.3 Å². The third-order valence-electron chi connectivity index (χ3n) is 14.2. The first-order valence-electron chi connectivity index (χ1n) is 24.0. The van der Waals surface area contributed by atoms with Crippen LogP contribution in [0, 0.1) is 23.2 Å². The summed E-state index contributed by atoms with van der Waals surface area (Å²) in [7, 11) is -2.02. The maximum Gasteiger partial charge on any atom is 0.313 e. The molecule has 2 fully saturated rings. The standard InChI is InChI=1S/C51H85NO11Si2/c1-17-27-38-29-25-23-21-19-20-22-24-28-37(53)32-41-44(46(55)56-11)43(62-65(15,16)48(6,7)8)35-51(57-12,60-41)33-39(61-64(13,14)47(3,4)5)30-26-31-50(36-52)34-42(59-49(9,10)63-50)40(18-2)45(54)58-38/h19-25,28,38-44H,17-18,26-27,29-35H2,1-16H3/b21-19+,22-20+,25-23+,28-24+/t38-,39+,40+,41+,42-,43+,44+,50-,51-/m1/s1. The lowest BCUT2D eigenvalue weighted by Gasteiger charge is -2.51. The molecule has 3 aliphatic rings. The average molecular weight is 944 g/mol. The Morgan fingerprint density at radius 1 is 0.862 bits per heavy atom. The molecule has 2 saturated heterocycles. The third kappa shape index (κ3) is 15.9. The summed E-state index contributed by atoms with van der Waals surface area (Å²) < 4.78 is 52.3.